The number of rotatable bonds is 3. The van der Waals surface area contributed by atoms with Crippen LogP contribution in [0.15, 0.2) is 30.5 Å². The van der Waals surface area contributed by atoms with Crippen LogP contribution >= 0.6 is 0 Å². The fourth-order valence-corrected chi connectivity index (χ4v) is 4.23. The Balaban J connectivity index is 1.68. The Labute approximate surface area is 175 Å². The molecular weight excluding hydrogens is 381 g/mol. The molecule has 2 aromatic heterocycles. The molecule has 1 aliphatic carbocycles. The second kappa shape index (κ2) is 7.65. The van der Waals surface area contributed by atoms with Crippen LogP contribution in [0.4, 0.5) is 10.2 Å². The van der Waals surface area contributed by atoms with Gasteiger partial charge in [-0.25, -0.2) is 4.39 Å². The summed E-state index contributed by atoms with van der Waals surface area (Å²) >= 11 is 0. The number of pyridine rings is 1. The second-order valence-corrected chi connectivity index (χ2v) is 7.83. The van der Waals surface area contributed by atoms with E-state index in [1.807, 2.05) is 12.1 Å². The standard InChI is InChI=1S/C23H24FN5O/c1-28-10-12-29(13-11-28)22-18-14-25-20(19(24)21(18)26-23(27-22)30-2)17-9-5-7-15-6-3-4-8-16(15)17/h4-5,7-9,14H,3,6,10-13H2,1-2H3. The zero-order valence-electron chi connectivity index (χ0n) is 17.2. The van der Waals surface area contributed by atoms with E-state index in [1.165, 1.54) is 12.7 Å². The summed E-state index contributed by atoms with van der Waals surface area (Å²) in [6.07, 6.45) is 7.85. The molecule has 0 saturated carbocycles. The summed E-state index contributed by atoms with van der Waals surface area (Å²) in [4.78, 5) is 17.9. The normalized spacial score (nSPS) is 16.7. The van der Waals surface area contributed by atoms with Crippen LogP contribution < -0.4 is 9.64 Å². The summed E-state index contributed by atoms with van der Waals surface area (Å²) in [7, 11) is 3.60. The third kappa shape index (κ3) is 3.19. The Morgan fingerprint density at radius 1 is 1.10 bits per heavy atom. The topological polar surface area (TPSA) is 54.4 Å². The molecule has 2 aliphatic rings. The van der Waals surface area contributed by atoms with Crippen molar-refractivity contribution in [3.05, 3.63) is 47.4 Å². The number of anilines is 1. The van der Waals surface area contributed by atoms with Gasteiger partial charge in [-0.05, 0) is 31.0 Å². The van der Waals surface area contributed by atoms with E-state index in [-0.39, 0.29) is 11.5 Å². The van der Waals surface area contributed by atoms with Crippen LogP contribution in [-0.4, -0.2) is 60.2 Å². The van der Waals surface area contributed by atoms with Gasteiger partial charge in [0.25, 0.3) is 0 Å². The number of hydrogen-bond acceptors (Lipinski definition) is 6. The van der Waals surface area contributed by atoms with Gasteiger partial charge in [0.05, 0.1) is 12.5 Å². The van der Waals surface area contributed by atoms with Crippen molar-refractivity contribution in [1.82, 2.24) is 19.9 Å². The lowest BCUT2D eigenvalue weighted by molar-refractivity contribution is 0.311. The fourth-order valence-electron chi connectivity index (χ4n) is 4.23. The highest BCUT2D eigenvalue weighted by Crippen LogP contribution is 2.35. The first-order chi connectivity index (χ1) is 14.7. The van der Waals surface area contributed by atoms with Gasteiger partial charge in [-0.15, -0.1) is 0 Å². The van der Waals surface area contributed by atoms with Crippen molar-refractivity contribution < 1.29 is 9.13 Å². The number of aryl methyl sites for hydroxylation is 1. The number of piperazine rings is 1. The van der Waals surface area contributed by atoms with Crippen molar-refractivity contribution in [2.75, 3.05) is 45.2 Å². The number of ether oxygens (including phenoxy) is 1. The smallest absolute Gasteiger partial charge is 0.318 e. The first-order valence-corrected chi connectivity index (χ1v) is 10.3. The highest BCUT2D eigenvalue weighted by molar-refractivity contribution is 5.93. The number of nitrogens with zero attached hydrogens (tertiary/aromatic N) is 5. The van der Waals surface area contributed by atoms with Crippen molar-refractivity contribution in [1.29, 1.82) is 0 Å². The number of hydrogen-bond donors (Lipinski definition) is 0. The van der Waals surface area contributed by atoms with Crippen LogP contribution in [0, 0.1) is 5.82 Å². The summed E-state index contributed by atoms with van der Waals surface area (Å²) < 4.78 is 21.1. The maximum atomic E-state index is 15.8. The first kappa shape index (κ1) is 18.9. The summed E-state index contributed by atoms with van der Waals surface area (Å²) in [5.74, 6) is 0.244. The molecule has 0 amide bonds. The van der Waals surface area contributed by atoms with Crippen LogP contribution in [0.25, 0.3) is 28.2 Å². The molecule has 1 aliphatic heterocycles. The lowest BCUT2D eigenvalue weighted by Crippen LogP contribution is -2.45. The van der Waals surface area contributed by atoms with Crippen molar-refractivity contribution in [2.24, 2.45) is 0 Å². The molecule has 5 rings (SSSR count). The molecule has 0 spiro atoms. The SMILES string of the molecule is COc1nc(N2CCN(C)CC2)c2cnc(-c3cccc4c3C=CCC4)c(F)c2n1. The number of methoxy groups -OCH3 is 1. The highest BCUT2D eigenvalue weighted by atomic mass is 19.1. The van der Waals surface area contributed by atoms with E-state index in [9.17, 15) is 0 Å². The third-order valence-corrected chi connectivity index (χ3v) is 5.95. The average Bonchev–Trinajstić information content (AvgIpc) is 2.79. The van der Waals surface area contributed by atoms with Gasteiger partial charge in [-0.2, -0.15) is 9.97 Å². The third-order valence-electron chi connectivity index (χ3n) is 5.95. The molecule has 7 heteroatoms. The van der Waals surface area contributed by atoms with Crippen LogP contribution in [0.5, 0.6) is 6.01 Å². The minimum atomic E-state index is -0.434. The lowest BCUT2D eigenvalue weighted by Gasteiger charge is -2.33. The van der Waals surface area contributed by atoms with Gasteiger partial charge in [0, 0.05) is 37.9 Å². The lowest BCUT2D eigenvalue weighted by atomic mass is 9.91. The fraction of sp³-hybridized carbons (Fsp3) is 0.348. The number of likely N-dealkylation sites (N-methyl/N-ethyl adjacent to an activating group) is 1. The molecule has 0 bridgehead atoms. The molecular formula is C23H24FN5O. The Morgan fingerprint density at radius 2 is 1.93 bits per heavy atom. The molecule has 1 fully saturated rings. The summed E-state index contributed by atoms with van der Waals surface area (Å²) in [5, 5.41) is 0.613. The number of allylic oxidation sites excluding steroid dienone is 1. The second-order valence-electron chi connectivity index (χ2n) is 7.83. The van der Waals surface area contributed by atoms with Crippen LogP contribution in [0.3, 0.4) is 0 Å². The Hall–Kier alpha value is -3.06. The van der Waals surface area contributed by atoms with E-state index in [0.717, 1.165) is 50.1 Å². The molecule has 3 heterocycles. The number of halogens is 1. The predicted octanol–water partition coefficient (Wildman–Crippen LogP) is 3.55. The Kier molecular flexibility index (Phi) is 4.83. The van der Waals surface area contributed by atoms with Crippen molar-refractivity contribution in [2.45, 2.75) is 12.8 Å². The van der Waals surface area contributed by atoms with E-state index in [1.54, 1.807) is 6.20 Å². The quantitative estimate of drug-likeness (QED) is 0.664. The molecule has 1 aromatic carbocycles. The zero-order chi connectivity index (χ0) is 20.7. The van der Waals surface area contributed by atoms with Crippen molar-refractivity contribution in [3.63, 3.8) is 0 Å². The average molecular weight is 405 g/mol. The van der Waals surface area contributed by atoms with Crippen molar-refractivity contribution in [3.8, 4) is 17.3 Å². The van der Waals surface area contributed by atoms with E-state index < -0.39 is 5.82 Å². The van der Waals surface area contributed by atoms with Crippen LogP contribution in [-0.2, 0) is 6.42 Å². The van der Waals surface area contributed by atoms with Gasteiger partial charge in [0.1, 0.15) is 17.0 Å². The molecule has 0 unspecified atom stereocenters. The summed E-state index contributed by atoms with van der Waals surface area (Å²) in [6.45, 7) is 3.47. The molecule has 154 valence electrons. The van der Waals surface area contributed by atoms with Gasteiger partial charge in [0.2, 0.25) is 0 Å². The zero-order valence-corrected chi connectivity index (χ0v) is 17.2. The maximum Gasteiger partial charge on any atom is 0.318 e. The van der Waals surface area contributed by atoms with Gasteiger partial charge in [-0.1, -0.05) is 30.4 Å². The first-order valence-electron chi connectivity index (χ1n) is 10.3. The predicted molar refractivity (Wildman–Crippen MR) is 116 cm³/mol. The van der Waals surface area contributed by atoms with Gasteiger partial charge in [0.15, 0.2) is 5.82 Å². The number of fused-ring (bicyclic) bond motifs is 2. The molecule has 0 radical (unpaired) electrons. The largest absolute Gasteiger partial charge is 0.467 e. The van der Waals surface area contributed by atoms with Crippen molar-refractivity contribution >= 4 is 22.8 Å². The molecule has 30 heavy (non-hydrogen) atoms. The number of aromatic nitrogens is 3. The summed E-state index contributed by atoms with van der Waals surface area (Å²) in [5.41, 5.74) is 3.61. The minimum Gasteiger partial charge on any atom is -0.467 e. The molecule has 1 saturated heterocycles. The van der Waals surface area contributed by atoms with E-state index in [0.29, 0.717) is 16.9 Å². The molecule has 6 nitrogen and oxygen atoms in total. The van der Waals surface area contributed by atoms with Gasteiger partial charge in [-0.3, -0.25) is 4.98 Å². The van der Waals surface area contributed by atoms with Gasteiger partial charge >= 0.3 is 6.01 Å². The van der Waals surface area contributed by atoms with E-state index in [2.05, 4.69) is 50.0 Å². The van der Waals surface area contributed by atoms with E-state index >= 15 is 4.39 Å². The molecule has 0 atom stereocenters. The van der Waals surface area contributed by atoms with E-state index in [4.69, 9.17) is 4.74 Å². The molecule has 0 N–H and O–H groups in total. The minimum absolute atomic E-state index is 0.169. The van der Waals surface area contributed by atoms with Gasteiger partial charge < -0.3 is 14.5 Å². The summed E-state index contributed by atoms with van der Waals surface area (Å²) in [6, 6.07) is 6.15. The van der Waals surface area contributed by atoms with Crippen LogP contribution in [0.2, 0.25) is 0 Å². The monoisotopic (exact) mass is 405 g/mol. The Bertz CT molecular complexity index is 1140. The number of benzene rings is 1. The highest BCUT2D eigenvalue weighted by Gasteiger charge is 2.24. The maximum absolute atomic E-state index is 15.8. The molecule has 3 aromatic rings. The van der Waals surface area contributed by atoms with Crippen LogP contribution in [0.1, 0.15) is 17.5 Å². The Morgan fingerprint density at radius 3 is 2.73 bits per heavy atom.